The minimum Gasteiger partial charge on any atom is -0.396 e. The van der Waals surface area contributed by atoms with Crippen molar-refractivity contribution in [3.05, 3.63) is 0 Å². The van der Waals surface area contributed by atoms with Gasteiger partial charge in [0.1, 0.15) is 0 Å². The van der Waals surface area contributed by atoms with Crippen molar-refractivity contribution >= 4 is 0 Å². The van der Waals surface area contributed by atoms with Crippen LogP contribution in [0.3, 0.4) is 0 Å². The molecule has 0 bridgehead atoms. The highest BCUT2D eigenvalue weighted by atomic mass is 16.3. The monoisotopic (exact) mass is 185 g/mol. The molecule has 1 fully saturated rings. The van der Waals surface area contributed by atoms with Crippen molar-refractivity contribution in [3.63, 3.8) is 0 Å². The predicted octanol–water partition coefficient (Wildman–Crippen LogP) is 1.74. The van der Waals surface area contributed by atoms with Gasteiger partial charge in [-0.2, -0.15) is 0 Å². The molecule has 1 rings (SSSR count). The fraction of sp³-hybridized carbons (Fsp3) is 1.00. The molecule has 0 aromatic heterocycles. The van der Waals surface area contributed by atoms with Gasteiger partial charge in [0.15, 0.2) is 0 Å². The molecule has 13 heavy (non-hydrogen) atoms. The van der Waals surface area contributed by atoms with Crippen molar-refractivity contribution in [3.8, 4) is 0 Å². The molecule has 78 valence electrons. The minimum absolute atomic E-state index is 0.362. The molecular weight excluding hydrogens is 162 g/mol. The molecule has 0 saturated carbocycles. The lowest BCUT2D eigenvalue weighted by molar-refractivity contribution is 0.0770. The molecule has 0 spiro atoms. The van der Waals surface area contributed by atoms with Crippen LogP contribution in [-0.2, 0) is 0 Å². The molecule has 1 N–H and O–H groups in total. The summed E-state index contributed by atoms with van der Waals surface area (Å²) in [6.45, 7) is 9.51. The molecule has 0 aliphatic carbocycles. The summed E-state index contributed by atoms with van der Waals surface area (Å²) < 4.78 is 0. The van der Waals surface area contributed by atoms with Gasteiger partial charge in [-0.25, -0.2) is 0 Å². The second kappa shape index (κ2) is 4.97. The van der Waals surface area contributed by atoms with E-state index < -0.39 is 0 Å². The van der Waals surface area contributed by atoms with Gasteiger partial charge in [-0.3, -0.25) is 0 Å². The van der Waals surface area contributed by atoms with Gasteiger partial charge in [0, 0.05) is 19.2 Å². The second-order valence-corrected chi connectivity index (χ2v) is 4.67. The molecule has 0 aromatic carbocycles. The number of likely N-dealkylation sites (tertiary alicyclic amines) is 1. The van der Waals surface area contributed by atoms with Crippen LogP contribution in [0, 0.1) is 11.8 Å². The van der Waals surface area contributed by atoms with E-state index in [9.17, 15) is 0 Å². The van der Waals surface area contributed by atoms with Gasteiger partial charge < -0.3 is 10.0 Å². The van der Waals surface area contributed by atoms with E-state index in [0.717, 1.165) is 12.5 Å². The van der Waals surface area contributed by atoms with Crippen LogP contribution in [0.5, 0.6) is 0 Å². The summed E-state index contributed by atoms with van der Waals surface area (Å²) in [6, 6.07) is 0.661. The Hall–Kier alpha value is -0.0800. The Balaban J connectivity index is 2.41. The van der Waals surface area contributed by atoms with Gasteiger partial charge in [0.05, 0.1) is 0 Å². The Labute approximate surface area is 81.9 Å². The lowest BCUT2D eigenvalue weighted by atomic mass is 9.95. The molecule has 1 aliphatic heterocycles. The van der Waals surface area contributed by atoms with Crippen LogP contribution in [0.4, 0.5) is 0 Å². The zero-order valence-corrected chi connectivity index (χ0v) is 9.16. The van der Waals surface area contributed by atoms with E-state index in [1.807, 2.05) is 0 Å². The van der Waals surface area contributed by atoms with Gasteiger partial charge in [-0.1, -0.05) is 13.8 Å². The van der Waals surface area contributed by atoms with Gasteiger partial charge in [-0.05, 0) is 38.1 Å². The number of hydrogen-bond donors (Lipinski definition) is 1. The third kappa shape index (κ3) is 2.96. The van der Waals surface area contributed by atoms with E-state index in [1.54, 1.807) is 0 Å². The molecule has 2 nitrogen and oxygen atoms in total. The molecule has 0 amide bonds. The molecule has 2 atom stereocenters. The van der Waals surface area contributed by atoms with Crippen molar-refractivity contribution < 1.29 is 5.11 Å². The number of hydrogen-bond acceptors (Lipinski definition) is 2. The number of nitrogens with zero attached hydrogens (tertiary/aromatic N) is 1. The fourth-order valence-corrected chi connectivity index (χ4v) is 2.04. The van der Waals surface area contributed by atoms with Crippen LogP contribution in [0.1, 0.15) is 33.6 Å². The Bertz CT molecular complexity index is 147. The zero-order valence-electron chi connectivity index (χ0n) is 9.16. The highest BCUT2D eigenvalue weighted by molar-refractivity contribution is 4.77. The van der Waals surface area contributed by atoms with Crippen molar-refractivity contribution in [1.29, 1.82) is 0 Å². The van der Waals surface area contributed by atoms with Crippen molar-refractivity contribution in [2.45, 2.75) is 39.7 Å². The van der Waals surface area contributed by atoms with E-state index >= 15 is 0 Å². The summed E-state index contributed by atoms with van der Waals surface area (Å²) in [5, 5.41) is 9.10. The molecule has 1 saturated heterocycles. The summed E-state index contributed by atoms with van der Waals surface area (Å²) in [5.74, 6) is 1.24. The van der Waals surface area contributed by atoms with Crippen LogP contribution < -0.4 is 0 Å². The summed E-state index contributed by atoms with van der Waals surface area (Å²) in [5.41, 5.74) is 0. The van der Waals surface area contributed by atoms with Gasteiger partial charge in [0.25, 0.3) is 0 Å². The number of aliphatic hydroxyl groups excluding tert-OH is 1. The first-order valence-corrected chi connectivity index (χ1v) is 5.50. The summed E-state index contributed by atoms with van der Waals surface area (Å²) >= 11 is 0. The molecule has 2 heteroatoms. The summed E-state index contributed by atoms with van der Waals surface area (Å²) in [6.07, 6.45) is 2.46. The highest BCUT2D eigenvalue weighted by Crippen LogP contribution is 2.20. The average Bonchev–Trinajstić information content (AvgIpc) is 2.16. The third-order valence-corrected chi connectivity index (χ3v) is 3.35. The predicted molar refractivity (Wildman–Crippen MR) is 55.7 cm³/mol. The van der Waals surface area contributed by atoms with Crippen LogP contribution in [0.25, 0.3) is 0 Å². The van der Waals surface area contributed by atoms with E-state index in [2.05, 4.69) is 25.7 Å². The van der Waals surface area contributed by atoms with E-state index in [1.165, 1.54) is 19.4 Å². The van der Waals surface area contributed by atoms with E-state index in [4.69, 9.17) is 5.11 Å². The van der Waals surface area contributed by atoms with E-state index in [-0.39, 0.29) is 0 Å². The Kier molecular flexibility index (Phi) is 4.20. The Morgan fingerprint density at radius 1 is 1.38 bits per heavy atom. The fourth-order valence-electron chi connectivity index (χ4n) is 2.04. The van der Waals surface area contributed by atoms with Gasteiger partial charge >= 0.3 is 0 Å². The second-order valence-electron chi connectivity index (χ2n) is 4.67. The van der Waals surface area contributed by atoms with Crippen LogP contribution in [0.15, 0.2) is 0 Å². The number of piperidine rings is 1. The molecule has 1 aliphatic rings. The van der Waals surface area contributed by atoms with Crippen molar-refractivity contribution in [1.82, 2.24) is 4.90 Å². The maximum absolute atomic E-state index is 9.10. The van der Waals surface area contributed by atoms with E-state index in [0.29, 0.717) is 18.6 Å². The Morgan fingerprint density at radius 2 is 2.08 bits per heavy atom. The highest BCUT2D eigenvalue weighted by Gasteiger charge is 2.24. The van der Waals surface area contributed by atoms with Gasteiger partial charge in [-0.15, -0.1) is 0 Å². The number of rotatable bonds is 3. The topological polar surface area (TPSA) is 23.5 Å². The molecule has 0 unspecified atom stereocenters. The zero-order chi connectivity index (χ0) is 9.84. The maximum atomic E-state index is 9.10. The third-order valence-electron chi connectivity index (χ3n) is 3.35. The lowest BCUT2D eigenvalue weighted by Crippen LogP contribution is -2.44. The minimum atomic E-state index is 0.362. The molecule has 0 radical (unpaired) electrons. The quantitative estimate of drug-likeness (QED) is 0.724. The molecule has 1 heterocycles. The molecular formula is C11H23NO. The average molecular weight is 185 g/mol. The molecule has 0 aromatic rings. The first-order chi connectivity index (χ1) is 6.15. The Morgan fingerprint density at radius 3 is 2.62 bits per heavy atom. The summed E-state index contributed by atoms with van der Waals surface area (Å²) in [4.78, 5) is 2.52. The van der Waals surface area contributed by atoms with Gasteiger partial charge in [0.2, 0.25) is 0 Å². The van der Waals surface area contributed by atoms with Crippen molar-refractivity contribution in [2.24, 2.45) is 11.8 Å². The smallest absolute Gasteiger partial charge is 0.0471 e. The first kappa shape index (κ1) is 11.0. The lowest BCUT2D eigenvalue weighted by Gasteiger charge is -2.38. The maximum Gasteiger partial charge on any atom is 0.0471 e. The number of aliphatic hydroxyl groups is 1. The largest absolute Gasteiger partial charge is 0.396 e. The van der Waals surface area contributed by atoms with Crippen LogP contribution in [-0.4, -0.2) is 35.7 Å². The SMILES string of the molecule is CC(C)[C@@H](C)N1CCC[C@@H](CO)C1. The van der Waals surface area contributed by atoms with Crippen molar-refractivity contribution in [2.75, 3.05) is 19.7 Å². The standard InChI is InChI=1S/C11H23NO/c1-9(2)10(3)12-6-4-5-11(7-12)8-13/h9-11,13H,4-8H2,1-3H3/t10-,11-/m1/s1. The first-order valence-electron chi connectivity index (χ1n) is 5.50. The normalized spacial score (nSPS) is 27.9. The summed E-state index contributed by atoms with van der Waals surface area (Å²) in [7, 11) is 0. The van der Waals surface area contributed by atoms with Crippen LogP contribution in [0.2, 0.25) is 0 Å². The van der Waals surface area contributed by atoms with Crippen LogP contribution >= 0.6 is 0 Å².